The average Bonchev–Trinajstić information content (AvgIpc) is 2.60. The van der Waals surface area contributed by atoms with Crippen LogP contribution in [0, 0.1) is 0 Å². The van der Waals surface area contributed by atoms with Gasteiger partial charge in [0.1, 0.15) is 6.10 Å². The van der Waals surface area contributed by atoms with E-state index in [9.17, 15) is 14.7 Å². The number of benzene rings is 2. The van der Waals surface area contributed by atoms with Crippen molar-refractivity contribution in [3.63, 3.8) is 0 Å². The molecule has 0 spiro atoms. The topological polar surface area (TPSA) is 75.6 Å². The summed E-state index contributed by atoms with van der Waals surface area (Å²) in [5.74, 6) is -1.16. The van der Waals surface area contributed by atoms with Gasteiger partial charge in [0, 0.05) is 4.47 Å². The van der Waals surface area contributed by atoms with Crippen LogP contribution < -0.4 is 5.32 Å². The molecule has 0 aromatic heterocycles. The molecule has 0 heterocycles. The summed E-state index contributed by atoms with van der Waals surface area (Å²) in [7, 11) is 0. The Balaban J connectivity index is 2.25. The number of aliphatic hydroxyl groups excluding tert-OH is 1. The van der Waals surface area contributed by atoms with E-state index in [4.69, 9.17) is 4.74 Å². The summed E-state index contributed by atoms with van der Waals surface area (Å²) in [6, 6.07) is 14.3. The van der Waals surface area contributed by atoms with Gasteiger partial charge in [-0.05, 0) is 40.5 Å². The first-order valence-corrected chi connectivity index (χ1v) is 8.29. The molecule has 2 atom stereocenters. The normalized spacial score (nSPS) is 13.0. The minimum atomic E-state index is -1.21. The van der Waals surface area contributed by atoms with E-state index in [1.54, 1.807) is 61.5 Å². The minimum absolute atomic E-state index is 0.155. The molecule has 0 aliphatic carbocycles. The summed E-state index contributed by atoms with van der Waals surface area (Å²) in [6.07, 6.45) is -1.21. The van der Waals surface area contributed by atoms with Gasteiger partial charge in [-0.15, -0.1) is 0 Å². The van der Waals surface area contributed by atoms with Gasteiger partial charge in [0.25, 0.3) is 5.91 Å². The maximum absolute atomic E-state index is 12.5. The molecule has 0 radical (unpaired) electrons. The van der Waals surface area contributed by atoms with Crippen molar-refractivity contribution in [1.82, 2.24) is 5.32 Å². The van der Waals surface area contributed by atoms with Gasteiger partial charge in [-0.25, -0.2) is 4.79 Å². The van der Waals surface area contributed by atoms with E-state index in [0.717, 1.165) is 0 Å². The van der Waals surface area contributed by atoms with Crippen LogP contribution in [0.5, 0.6) is 0 Å². The summed E-state index contributed by atoms with van der Waals surface area (Å²) in [5.41, 5.74) is 0.884. The summed E-state index contributed by atoms with van der Waals surface area (Å²) >= 11 is 3.30. The number of ether oxygens (including phenoxy) is 1. The molecule has 1 amide bonds. The number of esters is 1. The van der Waals surface area contributed by atoms with Crippen molar-refractivity contribution in [3.05, 3.63) is 70.2 Å². The Morgan fingerprint density at radius 2 is 1.75 bits per heavy atom. The van der Waals surface area contributed by atoms with Crippen LogP contribution in [0.15, 0.2) is 59.1 Å². The number of nitrogens with one attached hydrogen (secondary N) is 1. The van der Waals surface area contributed by atoms with Gasteiger partial charge < -0.3 is 15.2 Å². The first-order chi connectivity index (χ1) is 11.5. The largest absolute Gasteiger partial charge is 0.464 e. The molecule has 6 heteroatoms. The number of amides is 1. The Bertz CT molecular complexity index is 705. The molecule has 2 N–H and O–H groups in total. The highest BCUT2D eigenvalue weighted by molar-refractivity contribution is 9.10. The van der Waals surface area contributed by atoms with Gasteiger partial charge in [-0.2, -0.15) is 0 Å². The average molecular weight is 392 g/mol. The van der Waals surface area contributed by atoms with Gasteiger partial charge >= 0.3 is 5.97 Å². The molecule has 0 saturated carbocycles. The van der Waals surface area contributed by atoms with Gasteiger partial charge in [0.2, 0.25) is 0 Å². The predicted octanol–water partition coefficient (Wildman–Crippen LogP) is 2.84. The quantitative estimate of drug-likeness (QED) is 0.742. The first kappa shape index (κ1) is 18.2. The lowest BCUT2D eigenvalue weighted by Crippen LogP contribution is -2.46. The lowest BCUT2D eigenvalue weighted by molar-refractivity contribution is -0.148. The lowest BCUT2D eigenvalue weighted by atomic mass is 10.0. The number of carbonyl (C=O) groups excluding carboxylic acids is 2. The van der Waals surface area contributed by atoms with Crippen molar-refractivity contribution in [3.8, 4) is 0 Å². The third-order valence-electron chi connectivity index (χ3n) is 3.40. The SMILES string of the molecule is CCOC(=O)C(NC(=O)c1ccccc1Br)C(O)c1ccccc1. The van der Waals surface area contributed by atoms with E-state index in [-0.39, 0.29) is 6.61 Å². The predicted molar refractivity (Wildman–Crippen MR) is 93.4 cm³/mol. The van der Waals surface area contributed by atoms with Gasteiger partial charge in [0.05, 0.1) is 12.2 Å². The Hall–Kier alpha value is -2.18. The monoisotopic (exact) mass is 391 g/mol. The Kier molecular flexibility index (Phi) is 6.52. The Morgan fingerprint density at radius 3 is 2.38 bits per heavy atom. The van der Waals surface area contributed by atoms with Crippen LogP contribution in [0.3, 0.4) is 0 Å². The number of rotatable bonds is 6. The molecule has 0 bridgehead atoms. The number of halogens is 1. The molecular weight excluding hydrogens is 374 g/mol. The van der Waals surface area contributed by atoms with Crippen molar-refractivity contribution in [2.24, 2.45) is 0 Å². The number of hydrogen-bond acceptors (Lipinski definition) is 4. The maximum Gasteiger partial charge on any atom is 0.331 e. The highest BCUT2D eigenvalue weighted by atomic mass is 79.9. The summed E-state index contributed by atoms with van der Waals surface area (Å²) < 4.78 is 5.58. The minimum Gasteiger partial charge on any atom is -0.464 e. The molecule has 126 valence electrons. The molecular formula is C18H18BrNO4. The first-order valence-electron chi connectivity index (χ1n) is 7.49. The van der Waals surface area contributed by atoms with Crippen LogP contribution in [-0.4, -0.2) is 29.6 Å². The fraction of sp³-hybridized carbons (Fsp3) is 0.222. The molecule has 0 aliphatic rings. The summed E-state index contributed by atoms with van der Waals surface area (Å²) in [5, 5.41) is 13.1. The lowest BCUT2D eigenvalue weighted by Gasteiger charge is -2.23. The van der Waals surface area contributed by atoms with E-state index in [1.165, 1.54) is 0 Å². The molecule has 2 aromatic rings. The number of aliphatic hydroxyl groups is 1. The van der Waals surface area contributed by atoms with Gasteiger partial charge in [-0.3, -0.25) is 4.79 Å². The second-order valence-corrected chi connectivity index (χ2v) is 5.89. The van der Waals surface area contributed by atoms with Crippen LogP contribution in [0.1, 0.15) is 28.9 Å². The second-order valence-electron chi connectivity index (χ2n) is 5.04. The zero-order valence-electron chi connectivity index (χ0n) is 13.1. The molecule has 24 heavy (non-hydrogen) atoms. The highest BCUT2D eigenvalue weighted by Crippen LogP contribution is 2.20. The third-order valence-corrected chi connectivity index (χ3v) is 4.09. The fourth-order valence-electron chi connectivity index (χ4n) is 2.21. The molecule has 0 aliphatic heterocycles. The van der Waals surface area contributed by atoms with E-state index in [1.807, 2.05) is 0 Å². The smallest absolute Gasteiger partial charge is 0.331 e. The van der Waals surface area contributed by atoms with E-state index in [0.29, 0.717) is 15.6 Å². The molecule has 2 rings (SSSR count). The van der Waals surface area contributed by atoms with Crippen LogP contribution in [0.25, 0.3) is 0 Å². The standard InChI is InChI=1S/C18H18BrNO4/c1-2-24-18(23)15(16(21)12-8-4-3-5-9-12)20-17(22)13-10-6-7-11-14(13)19/h3-11,15-16,21H,2H2,1H3,(H,20,22). The zero-order chi connectivity index (χ0) is 17.5. The van der Waals surface area contributed by atoms with Gasteiger partial charge in [0.15, 0.2) is 6.04 Å². The second kappa shape index (κ2) is 8.61. The molecule has 0 fully saturated rings. The third kappa shape index (κ3) is 4.43. The van der Waals surface area contributed by atoms with Crippen molar-refractivity contribution >= 4 is 27.8 Å². The molecule has 0 saturated heterocycles. The zero-order valence-corrected chi connectivity index (χ0v) is 14.7. The molecule has 2 aromatic carbocycles. The maximum atomic E-state index is 12.5. The van der Waals surface area contributed by atoms with Crippen LogP contribution in [0.4, 0.5) is 0 Å². The molecule has 5 nitrogen and oxygen atoms in total. The summed E-state index contributed by atoms with van der Waals surface area (Å²) in [4.78, 5) is 24.7. The van der Waals surface area contributed by atoms with E-state index >= 15 is 0 Å². The van der Waals surface area contributed by atoms with E-state index < -0.39 is 24.0 Å². The number of hydrogen-bond donors (Lipinski definition) is 2. The van der Waals surface area contributed by atoms with Crippen molar-refractivity contribution in [2.45, 2.75) is 19.1 Å². The number of carbonyl (C=O) groups is 2. The van der Waals surface area contributed by atoms with Crippen molar-refractivity contribution in [1.29, 1.82) is 0 Å². The van der Waals surface area contributed by atoms with Crippen LogP contribution in [0.2, 0.25) is 0 Å². The van der Waals surface area contributed by atoms with Gasteiger partial charge in [-0.1, -0.05) is 42.5 Å². The Labute approximate surface area is 148 Å². The van der Waals surface area contributed by atoms with Crippen molar-refractivity contribution in [2.75, 3.05) is 6.61 Å². The van der Waals surface area contributed by atoms with Crippen LogP contribution >= 0.6 is 15.9 Å². The Morgan fingerprint density at radius 1 is 1.12 bits per heavy atom. The van der Waals surface area contributed by atoms with Crippen molar-refractivity contribution < 1.29 is 19.4 Å². The summed E-state index contributed by atoms with van der Waals surface area (Å²) in [6.45, 7) is 1.82. The molecule has 2 unspecified atom stereocenters. The van der Waals surface area contributed by atoms with Crippen LogP contribution in [-0.2, 0) is 9.53 Å². The fourth-order valence-corrected chi connectivity index (χ4v) is 2.67. The highest BCUT2D eigenvalue weighted by Gasteiger charge is 2.31. The van der Waals surface area contributed by atoms with E-state index in [2.05, 4.69) is 21.2 Å².